The van der Waals surface area contributed by atoms with Gasteiger partial charge in [-0.1, -0.05) is 12.1 Å². The van der Waals surface area contributed by atoms with Crippen LogP contribution in [0.15, 0.2) is 12.1 Å². The van der Waals surface area contributed by atoms with Gasteiger partial charge >= 0.3 is 0 Å². The van der Waals surface area contributed by atoms with Crippen LogP contribution in [0.5, 0.6) is 0 Å². The molecule has 0 spiro atoms. The molecule has 0 aromatic heterocycles. The van der Waals surface area contributed by atoms with E-state index in [0.29, 0.717) is 12.0 Å². The van der Waals surface area contributed by atoms with Crippen LogP contribution in [0.1, 0.15) is 35.4 Å². The van der Waals surface area contributed by atoms with Crippen molar-refractivity contribution < 1.29 is 4.39 Å². The third-order valence-corrected chi connectivity index (χ3v) is 3.48. The van der Waals surface area contributed by atoms with Gasteiger partial charge in [0.15, 0.2) is 0 Å². The minimum Gasteiger partial charge on any atom is -0.317 e. The molecule has 1 N–H and O–H groups in total. The van der Waals surface area contributed by atoms with Crippen LogP contribution in [0.2, 0.25) is 0 Å². The van der Waals surface area contributed by atoms with E-state index < -0.39 is 0 Å². The molecule has 2 heteroatoms. The van der Waals surface area contributed by atoms with E-state index in [0.717, 1.165) is 11.1 Å². The quantitative estimate of drug-likeness (QED) is 0.786. The van der Waals surface area contributed by atoms with Crippen molar-refractivity contribution in [2.24, 2.45) is 0 Å². The van der Waals surface area contributed by atoms with E-state index in [4.69, 9.17) is 0 Å². The van der Waals surface area contributed by atoms with E-state index in [1.807, 2.05) is 33.0 Å². The Labute approximate surface area is 90.7 Å². The molecule has 0 heterocycles. The van der Waals surface area contributed by atoms with Crippen molar-refractivity contribution in [1.82, 2.24) is 5.32 Å². The summed E-state index contributed by atoms with van der Waals surface area (Å²) in [6.45, 7) is 3.69. The Morgan fingerprint density at radius 1 is 1.20 bits per heavy atom. The molecule has 1 saturated carbocycles. The SMILES string of the molecule is CNC1CC(c2cc(C)c(F)c(C)c2)C1. The molecular formula is C13H18FN. The van der Waals surface area contributed by atoms with E-state index in [-0.39, 0.29) is 5.82 Å². The maximum absolute atomic E-state index is 13.4. The highest BCUT2D eigenvalue weighted by Crippen LogP contribution is 2.37. The summed E-state index contributed by atoms with van der Waals surface area (Å²) < 4.78 is 13.4. The van der Waals surface area contributed by atoms with Gasteiger partial charge in [-0.3, -0.25) is 0 Å². The summed E-state index contributed by atoms with van der Waals surface area (Å²) in [5.41, 5.74) is 2.86. The summed E-state index contributed by atoms with van der Waals surface area (Å²) in [7, 11) is 2.00. The number of rotatable bonds is 2. The molecule has 1 fully saturated rings. The molecule has 0 saturated heterocycles. The van der Waals surface area contributed by atoms with Crippen molar-refractivity contribution in [3.8, 4) is 0 Å². The van der Waals surface area contributed by atoms with Gasteiger partial charge in [-0.2, -0.15) is 0 Å². The molecule has 2 rings (SSSR count). The largest absolute Gasteiger partial charge is 0.317 e. The second-order valence-electron chi connectivity index (χ2n) is 4.62. The fraction of sp³-hybridized carbons (Fsp3) is 0.538. The van der Waals surface area contributed by atoms with Crippen LogP contribution < -0.4 is 5.32 Å². The number of benzene rings is 1. The first-order valence-corrected chi connectivity index (χ1v) is 5.55. The van der Waals surface area contributed by atoms with Gasteiger partial charge in [0.1, 0.15) is 5.82 Å². The van der Waals surface area contributed by atoms with Crippen molar-refractivity contribution in [3.63, 3.8) is 0 Å². The predicted molar refractivity (Wildman–Crippen MR) is 60.7 cm³/mol. The van der Waals surface area contributed by atoms with Gasteiger partial charge in [-0.25, -0.2) is 4.39 Å². The average molecular weight is 207 g/mol. The number of hydrogen-bond acceptors (Lipinski definition) is 1. The highest BCUT2D eigenvalue weighted by Gasteiger charge is 2.29. The Kier molecular flexibility index (Phi) is 2.79. The minimum atomic E-state index is -0.0526. The topological polar surface area (TPSA) is 12.0 Å². The van der Waals surface area contributed by atoms with Gasteiger partial charge in [0.25, 0.3) is 0 Å². The Morgan fingerprint density at radius 2 is 1.73 bits per heavy atom. The van der Waals surface area contributed by atoms with Crippen molar-refractivity contribution in [2.45, 2.75) is 38.6 Å². The molecule has 0 bridgehead atoms. The van der Waals surface area contributed by atoms with E-state index in [9.17, 15) is 4.39 Å². The van der Waals surface area contributed by atoms with E-state index >= 15 is 0 Å². The van der Waals surface area contributed by atoms with E-state index in [2.05, 4.69) is 5.32 Å². The standard InChI is InChI=1S/C13H18FN/c1-8-4-10(5-9(2)13(8)14)11-6-12(7-11)15-3/h4-5,11-12,15H,6-7H2,1-3H3. The molecule has 0 aliphatic heterocycles. The summed E-state index contributed by atoms with van der Waals surface area (Å²) in [5.74, 6) is 0.573. The molecule has 82 valence electrons. The summed E-state index contributed by atoms with van der Waals surface area (Å²) in [6, 6.07) is 4.65. The third-order valence-electron chi connectivity index (χ3n) is 3.48. The molecule has 1 aromatic carbocycles. The summed E-state index contributed by atoms with van der Waals surface area (Å²) in [5, 5.41) is 3.27. The van der Waals surface area contributed by atoms with Gasteiger partial charge in [-0.15, -0.1) is 0 Å². The zero-order valence-corrected chi connectivity index (χ0v) is 9.60. The lowest BCUT2D eigenvalue weighted by Gasteiger charge is -2.35. The highest BCUT2D eigenvalue weighted by atomic mass is 19.1. The molecule has 1 aliphatic carbocycles. The normalized spacial score (nSPS) is 25.1. The van der Waals surface area contributed by atoms with Crippen molar-refractivity contribution >= 4 is 0 Å². The molecule has 1 nitrogen and oxygen atoms in total. The van der Waals surface area contributed by atoms with Crippen LogP contribution in [-0.4, -0.2) is 13.1 Å². The number of aryl methyl sites for hydroxylation is 2. The maximum Gasteiger partial charge on any atom is 0.129 e. The van der Waals surface area contributed by atoms with Crippen LogP contribution in [0.4, 0.5) is 4.39 Å². The monoisotopic (exact) mass is 207 g/mol. The zero-order valence-electron chi connectivity index (χ0n) is 9.60. The minimum absolute atomic E-state index is 0.0526. The van der Waals surface area contributed by atoms with Crippen LogP contribution in [0.25, 0.3) is 0 Å². The number of hydrogen-bond donors (Lipinski definition) is 1. The fourth-order valence-corrected chi connectivity index (χ4v) is 2.34. The lowest BCUT2D eigenvalue weighted by molar-refractivity contribution is 0.307. The first-order valence-electron chi connectivity index (χ1n) is 5.55. The van der Waals surface area contributed by atoms with Crippen LogP contribution in [-0.2, 0) is 0 Å². The Morgan fingerprint density at radius 3 is 2.20 bits per heavy atom. The Balaban J connectivity index is 2.17. The third kappa shape index (κ3) is 1.91. The molecule has 15 heavy (non-hydrogen) atoms. The van der Waals surface area contributed by atoms with Gasteiger partial charge in [0, 0.05) is 6.04 Å². The summed E-state index contributed by atoms with van der Waals surface area (Å²) in [4.78, 5) is 0. The number of halogens is 1. The molecule has 0 unspecified atom stereocenters. The molecule has 0 radical (unpaired) electrons. The van der Waals surface area contributed by atoms with Gasteiger partial charge in [0.05, 0.1) is 0 Å². The molecule has 1 aromatic rings. The maximum atomic E-state index is 13.4. The van der Waals surface area contributed by atoms with Crippen molar-refractivity contribution in [3.05, 3.63) is 34.6 Å². The smallest absolute Gasteiger partial charge is 0.129 e. The van der Waals surface area contributed by atoms with E-state index in [1.165, 1.54) is 18.4 Å². The Bertz CT molecular complexity index is 344. The molecular weight excluding hydrogens is 189 g/mol. The van der Waals surface area contributed by atoms with E-state index in [1.54, 1.807) is 0 Å². The molecule has 0 amide bonds. The first kappa shape index (κ1) is 10.6. The zero-order chi connectivity index (χ0) is 11.0. The first-order chi connectivity index (χ1) is 7.11. The molecule has 1 aliphatic rings. The molecule has 0 atom stereocenters. The van der Waals surface area contributed by atoms with Crippen molar-refractivity contribution in [2.75, 3.05) is 7.05 Å². The van der Waals surface area contributed by atoms with Gasteiger partial charge < -0.3 is 5.32 Å². The Hall–Kier alpha value is -0.890. The van der Waals surface area contributed by atoms with Crippen molar-refractivity contribution in [1.29, 1.82) is 0 Å². The van der Waals surface area contributed by atoms with Crippen LogP contribution >= 0.6 is 0 Å². The fourth-order valence-electron chi connectivity index (χ4n) is 2.34. The van der Waals surface area contributed by atoms with Crippen LogP contribution in [0, 0.1) is 19.7 Å². The summed E-state index contributed by atoms with van der Waals surface area (Å²) in [6.07, 6.45) is 2.36. The highest BCUT2D eigenvalue weighted by molar-refractivity contribution is 5.34. The lowest BCUT2D eigenvalue weighted by Crippen LogP contribution is -2.37. The number of nitrogens with one attached hydrogen (secondary N) is 1. The van der Waals surface area contributed by atoms with Gasteiger partial charge in [-0.05, 0) is 56.3 Å². The summed E-state index contributed by atoms with van der Waals surface area (Å²) >= 11 is 0. The second-order valence-corrected chi connectivity index (χ2v) is 4.62. The van der Waals surface area contributed by atoms with Crippen LogP contribution in [0.3, 0.4) is 0 Å². The lowest BCUT2D eigenvalue weighted by atomic mass is 9.75. The average Bonchev–Trinajstić information content (AvgIpc) is 2.12. The second kappa shape index (κ2) is 3.93. The van der Waals surface area contributed by atoms with Gasteiger partial charge in [0.2, 0.25) is 0 Å². The predicted octanol–water partition coefficient (Wildman–Crippen LogP) is 2.91.